The van der Waals surface area contributed by atoms with Gasteiger partial charge in [0.15, 0.2) is 0 Å². The molecule has 2 bridgehead atoms. The summed E-state index contributed by atoms with van der Waals surface area (Å²) in [4.78, 5) is 22.8. The fourth-order valence-electron chi connectivity index (χ4n) is 3.35. The van der Waals surface area contributed by atoms with Crippen molar-refractivity contribution < 1.29 is 19.8 Å². The standard InChI is InChI=1S/C9H11NO4/c11-6-2-1-3(7(6)12)5-4(2)8(13)10-9(5)14/h2-7,11-12H,1H2,(H,10,13,14)/t2-,3-,4-,5-,6+,7+/m1/s1. The Hall–Kier alpha value is -0.940. The topological polar surface area (TPSA) is 86.6 Å². The van der Waals surface area contributed by atoms with Crippen LogP contribution >= 0.6 is 0 Å². The molecule has 3 N–H and O–H groups in total. The molecule has 2 amide bonds. The van der Waals surface area contributed by atoms with Gasteiger partial charge in [-0.15, -0.1) is 0 Å². The molecule has 14 heavy (non-hydrogen) atoms. The molecule has 0 radical (unpaired) electrons. The van der Waals surface area contributed by atoms with Crippen molar-refractivity contribution in [3.63, 3.8) is 0 Å². The zero-order valence-electron chi connectivity index (χ0n) is 7.38. The van der Waals surface area contributed by atoms with Crippen LogP contribution < -0.4 is 5.32 Å². The van der Waals surface area contributed by atoms with Gasteiger partial charge in [-0.2, -0.15) is 0 Å². The molecule has 3 fully saturated rings. The summed E-state index contributed by atoms with van der Waals surface area (Å²) >= 11 is 0. The molecular weight excluding hydrogens is 186 g/mol. The fraction of sp³-hybridized carbons (Fsp3) is 0.778. The van der Waals surface area contributed by atoms with Crippen LogP contribution in [0.4, 0.5) is 0 Å². The monoisotopic (exact) mass is 197 g/mol. The van der Waals surface area contributed by atoms with E-state index < -0.39 is 24.0 Å². The number of carbonyl (C=O) groups is 2. The molecule has 0 aromatic heterocycles. The summed E-state index contributed by atoms with van der Waals surface area (Å²) in [6, 6.07) is 0. The van der Waals surface area contributed by atoms with E-state index in [-0.39, 0.29) is 23.7 Å². The Morgan fingerprint density at radius 3 is 1.86 bits per heavy atom. The van der Waals surface area contributed by atoms with Crippen LogP contribution in [-0.4, -0.2) is 34.2 Å². The molecular formula is C9H11NO4. The van der Waals surface area contributed by atoms with Crippen molar-refractivity contribution in [2.45, 2.75) is 18.6 Å². The van der Waals surface area contributed by atoms with Gasteiger partial charge in [-0.05, 0) is 6.42 Å². The summed E-state index contributed by atoms with van der Waals surface area (Å²) in [7, 11) is 0. The van der Waals surface area contributed by atoms with Crippen molar-refractivity contribution in [2.75, 3.05) is 0 Å². The fourth-order valence-corrected chi connectivity index (χ4v) is 3.35. The van der Waals surface area contributed by atoms with Crippen LogP contribution in [0.25, 0.3) is 0 Å². The molecule has 76 valence electrons. The zero-order valence-corrected chi connectivity index (χ0v) is 7.38. The predicted octanol–water partition coefficient (Wildman–Crippen LogP) is -1.75. The molecule has 0 unspecified atom stereocenters. The Bertz CT molecular complexity index is 299. The maximum absolute atomic E-state index is 11.4. The first-order valence-electron chi connectivity index (χ1n) is 4.82. The van der Waals surface area contributed by atoms with E-state index in [4.69, 9.17) is 0 Å². The average Bonchev–Trinajstić information content (AvgIpc) is 2.71. The number of hydrogen-bond donors (Lipinski definition) is 3. The van der Waals surface area contributed by atoms with Crippen molar-refractivity contribution in [1.82, 2.24) is 5.32 Å². The minimum Gasteiger partial charge on any atom is -0.390 e. The third-order valence-corrected chi connectivity index (χ3v) is 3.93. The van der Waals surface area contributed by atoms with Crippen molar-refractivity contribution in [1.29, 1.82) is 0 Å². The molecule has 5 heteroatoms. The van der Waals surface area contributed by atoms with Gasteiger partial charge in [0.2, 0.25) is 11.8 Å². The van der Waals surface area contributed by atoms with E-state index in [1.807, 2.05) is 0 Å². The summed E-state index contributed by atoms with van der Waals surface area (Å²) < 4.78 is 0. The summed E-state index contributed by atoms with van der Waals surface area (Å²) in [5.74, 6) is -1.81. The number of nitrogens with one attached hydrogen (secondary N) is 1. The van der Waals surface area contributed by atoms with Crippen LogP contribution in [-0.2, 0) is 9.59 Å². The lowest BCUT2D eigenvalue weighted by Gasteiger charge is -2.29. The maximum atomic E-state index is 11.4. The molecule has 1 aliphatic heterocycles. The molecule has 2 aliphatic carbocycles. The van der Waals surface area contributed by atoms with E-state index >= 15 is 0 Å². The highest BCUT2D eigenvalue weighted by Gasteiger charge is 2.64. The number of fused-ring (bicyclic) bond motifs is 5. The van der Waals surface area contributed by atoms with Crippen LogP contribution in [0.1, 0.15) is 6.42 Å². The van der Waals surface area contributed by atoms with Crippen molar-refractivity contribution >= 4 is 11.8 Å². The van der Waals surface area contributed by atoms with Crippen LogP contribution in [0.15, 0.2) is 0 Å². The highest BCUT2D eigenvalue weighted by molar-refractivity contribution is 6.06. The van der Waals surface area contributed by atoms with Gasteiger partial charge in [-0.3, -0.25) is 14.9 Å². The number of carbonyl (C=O) groups excluding carboxylic acids is 2. The second-order valence-electron chi connectivity index (χ2n) is 4.45. The summed E-state index contributed by atoms with van der Waals surface area (Å²) in [6.07, 6.45) is -1.08. The molecule has 0 aromatic carbocycles. The molecule has 3 aliphatic rings. The van der Waals surface area contributed by atoms with Crippen LogP contribution in [0, 0.1) is 23.7 Å². The van der Waals surface area contributed by atoms with E-state index in [9.17, 15) is 19.8 Å². The van der Waals surface area contributed by atoms with Gasteiger partial charge in [0, 0.05) is 11.8 Å². The molecule has 1 heterocycles. The highest BCUT2D eigenvalue weighted by Crippen LogP contribution is 2.54. The Morgan fingerprint density at radius 2 is 1.43 bits per heavy atom. The van der Waals surface area contributed by atoms with E-state index in [2.05, 4.69) is 5.32 Å². The summed E-state index contributed by atoms with van der Waals surface area (Å²) in [5.41, 5.74) is 0. The first-order chi connectivity index (χ1) is 6.61. The lowest BCUT2D eigenvalue weighted by atomic mass is 9.78. The van der Waals surface area contributed by atoms with Crippen LogP contribution in [0.5, 0.6) is 0 Å². The Balaban J connectivity index is 2.01. The van der Waals surface area contributed by atoms with Crippen molar-refractivity contribution in [3.8, 4) is 0 Å². The number of rotatable bonds is 0. The lowest BCUT2D eigenvalue weighted by Crippen LogP contribution is -2.43. The Kier molecular flexibility index (Phi) is 1.41. The molecule has 2 saturated carbocycles. The maximum Gasteiger partial charge on any atom is 0.230 e. The highest BCUT2D eigenvalue weighted by atomic mass is 16.3. The minimum atomic E-state index is -0.835. The molecule has 1 saturated heterocycles. The largest absolute Gasteiger partial charge is 0.390 e. The van der Waals surface area contributed by atoms with Crippen LogP contribution in [0.3, 0.4) is 0 Å². The van der Waals surface area contributed by atoms with E-state index in [0.717, 1.165) is 0 Å². The lowest BCUT2D eigenvalue weighted by molar-refractivity contribution is -0.129. The molecule has 5 nitrogen and oxygen atoms in total. The third-order valence-electron chi connectivity index (χ3n) is 3.93. The van der Waals surface area contributed by atoms with Gasteiger partial charge < -0.3 is 10.2 Å². The minimum absolute atomic E-state index is 0.230. The SMILES string of the molecule is O=C1NC(=O)[C@@H]2[C@H]3C[C@@H]([C@H](O)[C@H]3O)[C@@H]12. The smallest absolute Gasteiger partial charge is 0.230 e. The number of aliphatic hydroxyl groups is 2. The Morgan fingerprint density at radius 1 is 1.00 bits per heavy atom. The van der Waals surface area contributed by atoms with Gasteiger partial charge in [-0.1, -0.05) is 0 Å². The van der Waals surface area contributed by atoms with Gasteiger partial charge >= 0.3 is 0 Å². The predicted molar refractivity (Wildman–Crippen MR) is 43.7 cm³/mol. The van der Waals surface area contributed by atoms with E-state index in [0.29, 0.717) is 6.42 Å². The van der Waals surface area contributed by atoms with Crippen LogP contribution in [0.2, 0.25) is 0 Å². The molecule has 0 spiro atoms. The second kappa shape index (κ2) is 2.35. The number of amides is 2. The summed E-state index contributed by atoms with van der Waals surface area (Å²) in [5, 5.41) is 21.5. The van der Waals surface area contributed by atoms with E-state index in [1.54, 1.807) is 0 Å². The first kappa shape index (κ1) is 8.38. The van der Waals surface area contributed by atoms with Gasteiger partial charge in [0.1, 0.15) is 0 Å². The van der Waals surface area contributed by atoms with Crippen molar-refractivity contribution in [2.24, 2.45) is 23.7 Å². The van der Waals surface area contributed by atoms with Crippen molar-refractivity contribution in [3.05, 3.63) is 0 Å². The van der Waals surface area contributed by atoms with E-state index in [1.165, 1.54) is 0 Å². The number of hydrogen-bond acceptors (Lipinski definition) is 4. The normalized spacial score (nSPS) is 55.0. The van der Waals surface area contributed by atoms with Gasteiger partial charge in [0.25, 0.3) is 0 Å². The van der Waals surface area contributed by atoms with Gasteiger partial charge in [-0.25, -0.2) is 0 Å². The number of aliphatic hydroxyl groups excluding tert-OH is 2. The quantitative estimate of drug-likeness (QED) is 0.402. The third kappa shape index (κ3) is 0.734. The second-order valence-corrected chi connectivity index (χ2v) is 4.45. The number of imide groups is 1. The average molecular weight is 197 g/mol. The first-order valence-corrected chi connectivity index (χ1v) is 4.82. The Labute approximate surface area is 80.1 Å². The molecule has 6 atom stereocenters. The van der Waals surface area contributed by atoms with Gasteiger partial charge in [0.05, 0.1) is 24.0 Å². The zero-order chi connectivity index (χ0) is 10.0. The summed E-state index contributed by atoms with van der Waals surface area (Å²) in [6.45, 7) is 0. The molecule has 0 aromatic rings. The molecule has 3 rings (SSSR count).